The number of anilines is 6. The zero-order valence-corrected chi connectivity index (χ0v) is 34.6. The van der Waals surface area contributed by atoms with Gasteiger partial charge in [-0.15, -0.1) is 0 Å². The van der Waals surface area contributed by atoms with Crippen LogP contribution in [0.2, 0.25) is 0 Å². The fourth-order valence-electron chi connectivity index (χ4n) is 8.64. The Hall–Kier alpha value is -7.94. The molecule has 0 radical (unpaired) electrons. The lowest BCUT2D eigenvalue weighted by atomic mass is 9.89. The summed E-state index contributed by atoms with van der Waals surface area (Å²) in [5.41, 5.74) is 18.6. The van der Waals surface area contributed by atoms with Crippen LogP contribution < -0.4 is 9.80 Å². The highest BCUT2D eigenvalue weighted by atomic mass is 15.1. The zero-order valence-electron chi connectivity index (χ0n) is 34.6. The van der Waals surface area contributed by atoms with Gasteiger partial charge in [-0.05, 0) is 141 Å². The monoisotopic (exact) mass is 794 g/mol. The highest BCUT2D eigenvalue weighted by Gasteiger charge is 2.19. The van der Waals surface area contributed by atoms with E-state index in [0.717, 1.165) is 52.5 Å². The fourth-order valence-corrected chi connectivity index (χ4v) is 8.64. The van der Waals surface area contributed by atoms with Crippen LogP contribution in [0.25, 0.3) is 50.1 Å². The van der Waals surface area contributed by atoms with Crippen LogP contribution in [0.5, 0.6) is 0 Å². The molecule has 296 valence electrons. The number of nitrogens with zero attached hydrogens (tertiary/aromatic N) is 2. The first kappa shape index (κ1) is 38.3. The van der Waals surface area contributed by atoms with E-state index >= 15 is 0 Å². The van der Waals surface area contributed by atoms with Gasteiger partial charge in [0.25, 0.3) is 0 Å². The van der Waals surface area contributed by atoms with Gasteiger partial charge < -0.3 is 9.80 Å². The first-order valence-electron chi connectivity index (χ1n) is 21.5. The molecule has 0 atom stereocenters. The highest BCUT2D eigenvalue weighted by molar-refractivity contribution is 5.95. The maximum Gasteiger partial charge on any atom is 0.0468 e. The first-order chi connectivity index (χ1) is 30.8. The van der Waals surface area contributed by atoms with E-state index in [-0.39, 0.29) is 0 Å². The molecular weight excluding hydrogens is 749 g/mol. The number of benzene rings is 9. The normalized spacial score (nSPS) is 12.1. The van der Waals surface area contributed by atoms with E-state index in [4.69, 9.17) is 0 Å². The van der Waals surface area contributed by atoms with Crippen molar-refractivity contribution >= 4 is 39.7 Å². The Morgan fingerprint density at radius 2 is 0.645 bits per heavy atom. The SMILES string of the molecule is C1=CC(c2ccc(N(c3ccccc3)c3ccc(-c4ccccc4-c4ccc(N(c5ccccc5)c5ccc(-c6ccccc6)cc5)cc4-c4ccccc4)cc3)cc2)=CCC1. The predicted octanol–water partition coefficient (Wildman–Crippen LogP) is 17.0. The van der Waals surface area contributed by atoms with Crippen molar-refractivity contribution < 1.29 is 0 Å². The Balaban J connectivity index is 1.03. The van der Waals surface area contributed by atoms with E-state index in [2.05, 4.69) is 265 Å². The predicted molar refractivity (Wildman–Crippen MR) is 264 cm³/mol. The summed E-state index contributed by atoms with van der Waals surface area (Å²) in [4.78, 5) is 4.69. The van der Waals surface area contributed by atoms with Gasteiger partial charge >= 0.3 is 0 Å². The minimum atomic E-state index is 1.09. The Kier molecular flexibility index (Phi) is 10.9. The smallest absolute Gasteiger partial charge is 0.0468 e. The van der Waals surface area contributed by atoms with E-state index < -0.39 is 0 Å². The van der Waals surface area contributed by atoms with Crippen molar-refractivity contribution in [3.05, 3.63) is 260 Å². The summed E-state index contributed by atoms with van der Waals surface area (Å²) in [6.45, 7) is 0. The summed E-state index contributed by atoms with van der Waals surface area (Å²) in [5, 5.41) is 0. The lowest BCUT2D eigenvalue weighted by molar-refractivity contribution is 1.04. The Bertz CT molecular complexity index is 2950. The lowest BCUT2D eigenvalue weighted by Crippen LogP contribution is -2.10. The van der Waals surface area contributed by atoms with Crippen LogP contribution in [0, 0.1) is 0 Å². The molecule has 0 N–H and O–H groups in total. The molecule has 1 aliphatic rings. The molecule has 62 heavy (non-hydrogen) atoms. The van der Waals surface area contributed by atoms with Gasteiger partial charge in [0, 0.05) is 34.1 Å². The van der Waals surface area contributed by atoms with Gasteiger partial charge in [0.15, 0.2) is 0 Å². The van der Waals surface area contributed by atoms with Crippen LogP contribution in [0.15, 0.2) is 255 Å². The largest absolute Gasteiger partial charge is 0.311 e. The number of hydrogen-bond donors (Lipinski definition) is 0. The Morgan fingerprint density at radius 1 is 0.258 bits per heavy atom. The van der Waals surface area contributed by atoms with Gasteiger partial charge in [0.1, 0.15) is 0 Å². The number of para-hydroxylation sites is 2. The Morgan fingerprint density at radius 3 is 1.19 bits per heavy atom. The van der Waals surface area contributed by atoms with E-state index in [1.807, 2.05) is 0 Å². The van der Waals surface area contributed by atoms with E-state index in [0.29, 0.717) is 0 Å². The second-order valence-electron chi connectivity index (χ2n) is 15.6. The van der Waals surface area contributed by atoms with Crippen molar-refractivity contribution in [1.82, 2.24) is 0 Å². The van der Waals surface area contributed by atoms with Crippen molar-refractivity contribution in [2.45, 2.75) is 12.8 Å². The second-order valence-corrected chi connectivity index (χ2v) is 15.6. The van der Waals surface area contributed by atoms with Gasteiger partial charge in [0.05, 0.1) is 0 Å². The molecule has 2 nitrogen and oxygen atoms in total. The van der Waals surface area contributed by atoms with Crippen molar-refractivity contribution in [1.29, 1.82) is 0 Å². The van der Waals surface area contributed by atoms with Gasteiger partial charge in [-0.1, -0.05) is 182 Å². The summed E-state index contributed by atoms with van der Waals surface area (Å²) in [5.74, 6) is 0. The number of allylic oxidation sites excluding steroid dienone is 4. The van der Waals surface area contributed by atoms with Gasteiger partial charge in [-0.25, -0.2) is 0 Å². The minimum absolute atomic E-state index is 1.09. The van der Waals surface area contributed by atoms with Crippen LogP contribution in [0.1, 0.15) is 18.4 Å². The summed E-state index contributed by atoms with van der Waals surface area (Å²) in [6.07, 6.45) is 9.05. The molecule has 9 aromatic carbocycles. The molecule has 0 fully saturated rings. The van der Waals surface area contributed by atoms with Gasteiger partial charge in [-0.3, -0.25) is 0 Å². The molecule has 0 unspecified atom stereocenters. The maximum absolute atomic E-state index is 2.35. The van der Waals surface area contributed by atoms with Crippen molar-refractivity contribution in [2.24, 2.45) is 0 Å². The second kappa shape index (κ2) is 17.7. The third-order valence-electron chi connectivity index (χ3n) is 11.7. The van der Waals surface area contributed by atoms with Crippen molar-refractivity contribution in [3.63, 3.8) is 0 Å². The number of hydrogen-bond acceptors (Lipinski definition) is 2. The lowest BCUT2D eigenvalue weighted by Gasteiger charge is -2.27. The van der Waals surface area contributed by atoms with Crippen LogP contribution in [-0.4, -0.2) is 0 Å². The molecule has 0 saturated carbocycles. The quantitative estimate of drug-likeness (QED) is 0.129. The molecule has 1 aliphatic carbocycles. The maximum atomic E-state index is 2.35. The summed E-state index contributed by atoms with van der Waals surface area (Å²) >= 11 is 0. The standard InChI is InChI=1S/C60H46N2/c1-6-18-45(19-7-1)47-30-36-53(37-31-47)61(51-24-12-4-13-25-51)54-40-34-50(35-41-54)57-28-16-17-29-58(57)59-43-42-56(44-60(59)49-22-10-3-11-23-49)62(52-26-14-5-15-27-52)55-38-32-48(33-39-55)46-20-8-2-9-21-46/h2-6,8-44H,1,7H2. The van der Waals surface area contributed by atoms with Crippen molar-refractivity contribution in [2.75, 3.05) is 9.80 Å². The molecule has 0 saturated heterocycles. The van der Waals surface area contributed by atoms with Crippen LogP contribution in [0.3, 0.4) is 0 Å². The molecule has 10 rings (SSSR count). The minimum Gasteiger partial charge on any atom is -0.311 e. The molecule has 0 amide bonds. The third-order valence-corrected chi connectivity index (χ3v) is 11.7. The molecule has 0 aromatic heterocycles. The number of rotatable bonds is 11. The van der Waals surface area contributed by atoms with E-state index in [1.165, 1.54) is 50.1 Å². The van der Waals surface area contributed by atoms with Crippen molar-refractivity contribution in [3.8, 4) is 44.5 Å². The zero-order chi connectivity index (χ0) is 41.5. The molecule has 0 heterocycles. The van der Waals surface area contributed by atoms with Crippen LogP contribution >= 0.6 is 0 Å². The fraction of sp³-hybridized carbons (Fsp3) is 0.0333. The molecule has 0 aliphatic heterocycles. The molecule has 9 aromatic rings. The summed E-state index contributed by atoms with van der Waals surface area (Å²) in [6, 6.07) is 85.3. The van der Waals surface area contributed by atoms with Gasteiger partial charge in [0.2, 0.25) is 0 Å². The Labute approximate surface area is 365 Å². The van der Waals surface area contributed by atoms with E-state index in [1.54, 1.807) is 0 Å². The first-order valence-corrected chi connectivity index (χ1v) is 21.5. The molecular formula is C60H46N2. The average Bonchev–Trinajstić information content (AvgIpc) is 3.36. The van der Waals surface area contributed by atoms with E-state index in [9.17, 15) is 0 Å². The average molecular weight is 795 g/mol. The third kappa shape index (κ3) is 8.02. The van der Waals surface area contributed by atoms with Gasteiger partial charge in [-0.2, -0.15) is 0 Å². The van der Waals surface area contributed by atoms with Crippen LogP contribution in [0.4, 0.5) is 34.1 Å². The molecule has 2 heteroatoms. The topological polar surface area (TPSA) is 6.48 Å². The highest BCUT2D eigenvalue weighted by Crippen LogP contribution is 2.44. The summed E-state index contributed by atoms with van der Waals surface area (Å²) in [7, 11) is 0. The molecule has 0 spiro atoms. The molecule has 0 bridgehead atoms. The van der Waals surface area contributed by atoms with Crippen LogP contribution in [-0.2, 0) is 0 Å². The summed E-state index contributed by atoms with van der Waals surface area (Å²) < 4.78 is 0.